The number of methoxy groups -OCH3 is 2. The summed E-state index contributed by atoms with van der Waals surface area (Å²) in [5, 5.41) is 8.54. The molecule has 3 N–H and O–H groups in total. The van der Waals surface area contributed by atoms with Crippen LogP contribution in [0.5, 0.6) is 23.0 Å². The van der Waals surface area contributed by atoms with Gasteiger partial charge in [0.05, 0.1) is 168 Å². The van der Waals surface area contributed by atoms with Gasteiger partial charge < -0.3 is 77.7 Å². The minimum Gasteiger partial charge on any atom is -0.493 e. The lowest BCUT2D eigenvalue weighted by Gasteiger charge is -2.20. The van der Waals surface area contributed by atoms with Crippen LogP contribution in [-0.2, 0) is 66.7 Å². The second kappa shape index (κ2) is 46.4. The highest BCUT2D eigenvalue weighted by Crippen LogP contribution is 2.44. The number of allylic oxidation sites excluding steroid dienone is 4. The number of ketones is 4. The van der Waals surface area contributed by atoms with Gasteiger partial charge >= 0.3 is 0 Å². The summed E-state index contributed by atoms with van der Waals surface area (Å²) in [5.74, 6) is -0.701. The quantitative estimate of drug-likeness (QED) is 0.0118. The van der Waals surface area contributed by atoms with Crippen molar-refractivity contribution in [3.8, 4) is 23.0 Å². The summed E-state index contributed by atoms with van der Waals surface area (Å²) in [7, 11) is 3.06. The molecule has 0 bridgehead atoms. The molecule has 3 fully saturated rings. The molecule has 25 nitrogen and oxygen atoms in total. The summed E-state index contributed by atoms with van der Waals surface area (Å²) >= 11 is 0. The highest BCUT2D eigenvalue weighted by atomic mass is 16.6. The minimum atomic E-state index is -0.802. The molecule has 4 aliphatic carbocycles. The van der Waals surface area contributed by atoms with Gasteiger partial charge in [0.2, 0.25) is 17.7 Å². The van der Waals surface area contributed by atoms with E-state index < -0.39 is 17.9 Å². The Bertz CT molecular complexity index is 3860. The van der Waals surface area contributed by atoms with E-state index in [2.05, 4.69) is 41.3 Å². The van der Waals surface area contributed by atoms with Crippen LogP contribution >= 0.6 is 0 Å². The molecular weight excluding hydrogens is 1430 g/mol. The van der Waals surface area contributed by atoms with E-state index >= 15 is 0 Å². The van der Waals surface area contributed by atoms with E-state index in [4.69, 9.17) is 61.8 Å². The minimum absolute atomic E-state index is 0.00217. The number of nitrogens with zero attached hydrogens (tertiary/aromatic N) is 2. The Balaban J connectivity index is 0.559. The highest BCUT2D eigenvalue weighted by molar-refractivity contribution is 6.12. The van der Waals surface area contributed by atoms with Gasteiger partial charge in [0.15, 0.2) is 34.6 Å². The normalized spacial score (nSPS) is 19.0. The molecule has 25 heteroatoms. The Morgan fingerprint density at radius 1 is 0.661 bits per heavy atom. The third kappa shape index (κ3) is 27.0. The van der Waals surface area contributed by atoms with Crippen molar-refractivity contribution in [2.45, 2.75) is 136 Å². The van der Waals surface area contributed by atoms with Gasteiger partial charge in [-0.15, -0.1) is 5.73 Å². The van der Waals surface area contributed by atoms with Gasteiger partial charge in [-0.25, -0.2) is 0 Å². The lowest BCUT2D eigenvalue weighted by Crippen LogP contribution is -2.44. The van der Waals surface area contributed by atoms with E-state index in [1.54, 1.807) is 61.5 Å². The molecule has 0 spiro atoms. The standard InChI is InChI=1S/C87H115N5O20/c1-8-61(62-20-21-62)49-65-17-13-18-66-51-79(77(101-6)53-72(66)84(97)60(65)5)111-31-14-32-112-80-55-74-73(54-78(80)102-7)87(100)92-57-67(50-69(92)56-89-74)63-22-24-68(25-23-63)90-86(99)59(4)19-27-75(93)83(58(2)3)91-82(96)29-33-103-35-37-105-39-41-107-43-45-109-47-48-110-46-44-108-42-40-106-38-36-104-34-30-88-81(95)28-26-70-76(94)52-71(85(70)98)64-15-11-9-10-12-16-64/h8,17-19,22-25,27,51,53-59,62,64-65,69-71,83H,5,9-12,14-16,20-21,26,28-50,52H2,1-4,6-7H3,(H,88,95)(H,90,99)(H,91,96)/b27-19+,61-8+/t13?,59-,65-,69+,70?,71?,83?/m1/s1. The molecule has 3 aromatic rings. The van der Waals surface area contributed by atoms with Crippen LogP contribution in [-0.4, -0.2) is 210 Å². The summed E-state index contributed by atoms with van der Waals surface area (Å²) < 4.78 is 68.2. The number of anilines is 1. The fraction of sp³-hybridized carbons (Fsp3) is 0.563. The van der Waals surface area contributed by atoms with Crippen LogP contribution in [0.15, 0.2) is 107 Å². The first-order chi connectivity index (χ1) is 54.4. The van der Waals surface area contributed by atoms with Crippen molar-refractivity contribution in [2.75, 3.05) is 145 Å². The number of hydrogen-bond donors (Lipinski definition) is 3. The molecule has 2 heterocycles. The van der Waals surface area contributed by atoms with Crippen molar-refractivity contribution in [1.82, 2.24) is 15.5 Å². The third-order valence-electron chi connectivity index (χ3n) is 20.9. The fourth-order valence-electron chi connectivity index (χ4n) is 14.3. The predicted octanol–water partition coefficient (Wildman–Crippen LogP) is 11.8. The molecule has 6 atom stereocenters. The number of amides is 4. The zero-order chi connectivity index (χ0) is 79.6. The number of benzene rings is 3. The molecule has 0 radical (unpaired) electrons. The van der Waals surface area contributed by atoms with Crippen LogP contribution in [0, 0.1) is 41.4 Å². The molecule has 6 aliphatic rings. The first-order valence-electron chi connectivity index (χ1n) is 39.9. The van der Waals surface area contributed by atoms with Crippen LogP contribution < -0.4 is 34.9 Å². The highest BCUT2D eigenvalue weighted by Gasteiger charge is 2.44. The van der Waals surface area contributed by atoms with Gasteiger partial charge in [0.25, 0.3) is 5.91 Å². The van der Waals surface area contributed by atoms with E-state index in [1.807, 2.05) is 44.3 Å². The Labute approximate surface area is 659 Å². The smallest absolute Gasteiger partial charge is 0.260 e. The first kappa shape index (κ1) is 87.2. The van der Waals surface area contributed by atoms with Gasteiger partial charge in [0, 0.05) is 85.8 Å². The van der Waals surface area contributed by atoms with E-state index in [-0.39, 0.29) is 116 Å². The molecule has 112 heavy (non-hydrogen) atoms. The summed E-state index contributed by atoms with van der Waals surface area (Å²) in [6, 6.07) is 13.0. The molecule has 3 unspecified atom stereocenters. The van der Waals surface area contributed by atoms with Crippen LogP contribution in [0.1, 0.15) is 156 Å². The summed E-state index contributed by atoms with van der Waals surface area (Å²) in [4.78, 5) is 112. The van der Waals surface area contributed by atoms with Gasteiger partial charge in [-0.1, -0.05) is 82.9 Å². The Kier molecular flexibility index (Phi) is 36.2. The molecular formula is C87H115N5O20. The van der Waals surface area contributed by atoms with E-state index in [0.29, 0.717) is 187 Å². The number of hydrogen-bond acceptors (Lipinski definition) is 21. The number of rotatable bonds is 50. The maximum atomic E-state index is 14.2. The SMILES string of the molecule is C=C1C(=O)c2cc(OC)c(OCCCOc3cc4c(cc3OC)C(=O)N3C=C(c5ccc(NC(=O)[C@H](C)/C=C/C(=O)C(NC(=O)CCOCCOCCOCCOCCOCCOCCOCCOCCNC(=O)CCC6C(=O)CC(C7CCCCCC7)C6=O)C(C)C)cc5)C[C@H]3C=N4)cc2C=C=C[C@@H]1C/C(=C\C)C1CC1. The van der Waals surface area contributed by atoms with Crippen molar-refractivity contribution < 1.29 is 95.2 Å². The lowest BCUT2D eigenvalue weighted by molar-refractivity contribution is -0.129. The first-order valence-corrected chi connectivity index (χ1v) is 39.9. The van der Waals surface area contributed by atoms with Crippen molar-refractivity contribution in [3.05, 3.63) is 125 Å². The van der Waals surface area contributed by atoms with Crippen LogP contribution in [0.25, 0.3) is 11.6 Å². The van der Waals surface area contributed by atoms with E-state index in [9.17, 15) is 38.4 Å². The zero-order valence-electron chi connectivity index (χ0n) is 66.2. The van der Waals surface area contributed by atoms with Crippen molar-refractivity contribution >= 4 is 76.0 Å². The molecule has 0 aromatic heterocycles. The molecule has 9 rings (SSSR count). The van der Waals surface area contributed by atoms with E-state index in [1.165, 1.54) is 50.5 Å². The molecule has 0 saturated heterocycles. The Hall–Kier alpha value is -8.75. The van der Waals surface area contributed by atoms with Gasteiger partial charge in [0.1, 0.15) is 11.6 Å². The topological polar surface area (TPSA) is 299 Å². The molecule has 3 aromatic carbocycles. The summed E-state index contributed by atoms with van der Waals surface area (Å²) in [5.41, 5.74) is 9.46. The van der Waals surface area contributed by atoms with Gasteiger partial charge in [-0.05, 0) is 128 Å². The Morgan fingerprint density at radius 2 is 1.24 bits per heavy atom. The maximum Gasteiger partial charge on any atom is 0.260 e. The number of Topliss-reactive ketones (excluding diaryl/α,β-unsaturated/α-hetero) is 3. The van der Waals surface area contributed by atoms with Gasteiger partial charge in [-0.3, -0.25) is 43.3 Å². The molecule has 608 valence electrons. The second-order valence-electron chi connectivity index (χ2n) is 29.3. The molecule has 3 saturated carbocycles. The van der Waals surface area contributed by atoms with Crippen molar-refractivity contribution in [2.24, 2.45) is 46.4 Å². The van der Waals surface area contributed by atoms with Gasteiger partial charge in [-0.2, -0.15) is 0 Å². The predicted molar refractivity (Wildman–Crippen MR) is 424 cm³/mol. The Morgan fingerprint density at radius 3 is 1.82 bits per heavy atom. The lowest BCUT2D eigenvalue weighted by atomic mass is 9.83. The largest absolute Gasteiger partial charge is 0.493 e. The molecule has 4 amide bonds. The maximum absolute atomic E-state index is 14.2. The second-order valence-corrected chi connectivity index (χ2v) is 29.3. The average Bonchev–Trinajstić information content (AvgIpc) is 1.50. The van der Waals surface area contributed by atoms with Crippen LogP contribution in [0.3, 0.4) is 0 Å². The van der Waals surface area contributed by atoms with E-state index in [0.717, 1.165) is 43.2 Å². The number of ether oxygens (including phenoxy) is 12. The monoisotopic (exact) mass is 1550 g/mol. The van der Waals surface area contributed by atoms with Crippen molar-refractivity contribution in [1.29, 1.82) is 0 Å². The summed E-state index contributed by atoms with van der Waals surface area (Å²) in [6.45, 7) is 18.3. The van der Waals surface area contributed by atoms with Crippen molar-refractivity contribution in [3.63, 3.8) is 0 Å². The number of carbonyl (C=O) groups excluding carboxylic acids is 8. The average molecular weight is 1550 g/mol. The molecule has 2 aliphatic heterocycles. The zero-order valence-corrected chi connectivity index (χ0v) is 66.2. The number of nitrogens with one attached hydrogen (secondary N) is 3. The van der Waals surface area contributed by atoms with Crippen LogP contribution in [0.2, 0.25) is 0 Å². The third-order valence-corrected chi connectivity index (χ3v) is 20.9. The number of fused-ring (bicyclic) bond motifs is 3. The number of aliphatic imine (C=N–C) groups is 1. The van der Waals surface area contributed by atoms with Crippen LogP contribution in [0.4, 0.5) is 11.4 Å². The fourth-order valence-corrected chi connectivity index (χ4v) is 14.3. The number of carbonyl (C=O) groups is 8. The summed E-state index contributed by atoms with van der Waals surface area (Å²) in [6.07, 6.45) is 24.0.